The molecule has 2 fully saturated rings. The van der Waals surface area contributed by atoms with Gasteiger partial charge < -0.3 is 5.32 Å². The summed E-state index contributed by atoms with van der Waals surface area (Å²) in [6.45, 7) is 10.2. The fourth-order valence-corrected chi connectivity index (χ4v) is 3.60. The molecule has 4 nitrogen and oxygen atoms in total. The van der Waals surface area contributed by atoms with Crippen LogP contribution in [0, 0.1) is 0 Å². The molecule has 0 aliphatic carbocycles. The Bertz CT molecular complexity index is 462. The van der Waals surface area contributed by atoms with Crippen LogP contribution in [0.5, 0.6) is 0 Å². The average molecular weight is 288 g/mol. The molecule has 21 heavy (non-hydrogen) atoms. The van der Waals surface area contributed by atoms with E-state index in [1.54, 1.807) is 0 Å². The summed E-state index contributed by atoms with van der Waals surface area (Å²) in [5, 5.41) is 3.38. The molecule has 0 saturated carbocycles. The maximum absolute atomic E-state index is 4.76. The van der Waals surface area contributed by atoms with Crippen molar-refractivity contribution in [3.05, 3.63) is 23.9 Å². The molecule has 2 atom stereocenters. The van der Waals surface area contributed by atoms with Gasteiger partial charge in [0.25, 0.3) is 0 Å². The molecule has 116 valence electrons. The maximum Gasteiger partial charge on any atom is 0.126 e. The van der Waals surface area contributed by atoms with Gasteiger partial charge in [0.2, 0.25) is 0 Å². The van der Waals surface area contributed by atoms with E-state index in [4.69, 9.17) is 4.98 Å². The number of fused-ring (bicyclic) bond motifs is 1. The van der Waals surface area contributed by atoms with Crippen molar-refractivity contribution in [2.24, 2.45) is 0 Å². The number of rotatable bonds is 5. The minimum absolute atomic E-state index is 0.633. The highest BCUT2D eigenvalue weighted by Gasteiger charge is 2.34. The smallest absolute Gasteiger partial charge is 0.126 e. The second kappa shape index (κ2) is 6.75. The van der Waals surface area contributed by atoms with Crippen LogP contribution in [-0.4, -0.2) is 53.0 Å². The quantitative estimate of drug-likeness (QED) is 0.902. The largest absolute Gasteiger partial charge is 0.370 e. The van der Waals surface area contributed by atoms with E-state index in [2.05, 4.69) is 47.2 Å². The third-order valence-corrected chi connectivity index (χ3v) is 4.79. The first kappa shape index (κ1) is 14.8. The van der Waals surface area contributed by atoms with Gasteiger partial charge in [-0.1, -0.05) is 13.0 Å². The molecule has 4 heteroatoms. The van der Waals surface area contributed by atoms with Gasteiger partial charge in [0.15, 0.2) is 0 Å². The highest BCUT2D eigenvalue weighted by Crippen LogP contribution is 2.25. The van der Waals surface area contributed by atoms with E-state index in [0.717, 1.165) is 31.4 Å². The SMILES string of the molecule is CCCNc1cccc(CN2CC3CCCN3CC2C)n1. The number of piperazine rings is 1. The van der Waals surface area contributed by atoms with Crippen molar-refractivity contribution in [2.45, 2.75) is 51.7 Å². The van der Waals surface area contributed by atoms with Crippen LogP contribution in [0.4, 0.5) is 5.82 Å². The molecule has 2 unspecified atom stereocenters. The summed E-state index contributed by atoms with van der Waals surface area (Å²) >= 11 is 0. The van der Waals surface area contributed by atoms with E-state index >= 15 is 0 Å². The summed E-state index contributed by atoms with van der Waals surface area (Å²) in [6.07, 6.45) is 3.88. The van der Waals surface area contributed by atoms with Crippen LogP contribution < -0.4 is 5.32 Å². The maximum atomic E-state index is 4.76. The van der Waals surface area contributed by atoms with Crippen molar-refractivity contribution >= 4 is 5.82 Å². The van der Waals surface area contributed by atoms with Gasteiger partial charge in [0.1, 0.15) is 5.82 Å². The normalized spacial score (nSPS) is 26.8. The fourth-order valence-electron chi connectivity index (χ4n) is 3.60. The minimum atomic E-state index is 0.633. The highest BCUT2D eigenvalue weighted by atomic mass is 15.3. The molecular weight excluding hydrogens is 260 g/mol. The van der Waals surface area contributed by atoms with Crippen LogP contribution in [0.3, 0.4) is 0 Å². The van der Waals surface area contributed by atoms with E-state index in [-0.39, 0.29) is 0 Å². The molecule has 3 rings (SSSR count). The van der Waals surface area contributed by atoms with Gasteiger partial charge in [-0.2, -0.15) is 0 Å². The van der Waals surface area contributed by atoms with Crippen molar-refractivity contribution in [3.63, 3.8) is 0 Å². The molecular formula is C17H28N4. The van der Waals surface area contributed by atoms with E-state index in [1.165, 1.54) is 38.2 Å². The second-order valence-electron chi connectivity index (χ2n) is 6.51. The molecule has 0 aromatic carbocycles. The van der Waals surface area contributed by atoms with E-state index in [9.17, 15) is 0 Å². The molecule has 0 spiro atoms. The Kier molecular flexibility index (Phi) is 4.76. The third-order valence-electron chi connectivity index (χ3n) is 4.79. The van der Waals surface area contributed by atoms with Crippen LogP contribution in [0.1, 0.15) is 38.8 Å². The van der Waals surface area contributed by atoms with Gasteiger partial charge in [-0.3, -0.25) is 9.80 Å². The first-order valence-electron chi connectivity index (χ1n) is 8.44. The van der Waals surface area contributed by atoms with Gasteiger partial charge in [-0.05, 0) is 44.9 Å². The molecule has 1 aromatic rings. The van der Waals surface area contributed by atoms with Gasteiger partial charge in [-0.15, -0.1) is 0 Å². The standard InChI is InChI=1S/C17H28N4/c1-3-9-18-17-8-4-6-15(19-17)12-21-13-16-7-5-10-20(16)11-14(21)2/h4,6,8,14,16H,3,5,7,9-13H2,1-2H3,(H,18,19). The van der Waals surface area contributed by atoms with Crippen LogP contribution in [0.2, 0.25) is 0 Å². The fraction of sp³-hybridized carbons (Fsp3) is 0.706. The summed E-state index contributed by atoms with van der Waals surface area (Å²) in [6, 6.07) is 7.76. The number of hydrogen-bond acceptors (Lipinski definition) is 4. The molecule has 0 radical (unpaired) electrons. The Hall–Kier alpha value is -1.13. The predicted molar refractivity (Wildman–Crippen MR) is 87.5 cm³/mol. The summed E-state index contributed by atoms with van der Waals surface area (Å²) < 4.78 is 0. The van der Waals surface area contributed by atoms with Crippen LogP contribution >= 0.6 is 0 Å². The van der Waals surface area contributed by atoms with Crippen LogP contribution in [0.25, 0.3) is 0 Å². The lowest BCUT2D eigenvalue weighted by molar-refractivity contribution is 0.0532. The molecule has 0 amide bonds. The lowest BCUT2D eigenvalue weighted by atomic mass is 10.1. The number of hydrogen-bond donors (Lipinski definition) is 1. The molecule has 0 bridgehead atoms. The lowest BCUT2D eigenvalue weighted by Gasteiger charge is -2.42. The summed E-state index contributed by atoms with van der Waals surface area (Å²) in [7, 11) is 0. The molecule has 2 aliphatic heterocycles. The molecule has 2 aliphatic rings. The summed E-state index contributed by atoms with van der Waals surface area (Å²) in [4.78, 5) is 10.0. The highest BCUT2D eigenvalue weighted by molar-refractivity contribution is 5.35. The van der Waals surface area contributed by atoms with Crippen molar-refractivity contribution in [3.8, 4) is 0 Å². The van der Waals surface area contributed by atoms with Crippen LogP contribution in [0.15, 0.2) is 18.2 Å². The first-order chi connectivity index (χ1) is 10.3. The lowest BCUT2D eigenvalue weighted by Crippen LogP contribution is -2.54. The Morgan fingerprint density at radius 2 is 2.24 bits per heavy atom. The molecule has 1 N–H and O–H groups in total. The number of nitrogens with one attached hydrogen (secondary N) is 1. The number of pyridine rings is 1. The average Bonchev–Trinajstić information content (AvgIpc) is 2.93. The topological polar surface area (TPSA) is 31.4 Å². The predicted octanol–water partition coefficient (Wildman–Crippen LogP) is 2.57. The molecule has 2 saturated heterocycles. The van der Waals surface area contributed by atoms with E-state index in [1.807, 2.05) is 0 Å². The third kappa shape index (κ3) is 3.55. The van der Waals surface area contributed by atoms with Crippen LogP contribution in [-0.2, 0) is 6.54 Å². The minimum Gasteiger partial charge on any atom is -0.370 e. The summed E-state index contributed by atoms with van der Waals surface area (Å²) in [5.41, 5.74) is 1.19. The van der Waals surface area contributed by atoms with Gasteiger partial charge in [-0.25, -0.2) is 4.98 Å². The number of nitrogens with zero attached hydrogens (tertiary/aromatic N) is 3. The zero-order chi connectivity index (χ0) is 14.7. The van der Waals surface area contributed by atoms with Crippen molar-refractivity contribution in [2.75, 3.05) is 31.5 Å². The molecule has 1 aromatic heterocycles. The zero-order valence-electron chi connectivity index (χ0n) is 13.4. The first-order valence-corrected chi connectivity index (χ1v) is 8.44. The Labute approximate surface area is 128 Å². The zero-order valence-corrected chi connectivity index (χ0v) is 13.4. The second-order valence-corrected chi connectivity index (χ2v) is 6.51. The number of anilines is 1. The van der Waals surface area contributed by atoms with Crippen molar-refractivity contribution in [1.29, 1.82) is 0 Å². The van der Waals surface area contributed by atoms with E-state index in [0.29, 0.717) is 6.04 Å². The van der Waals surface area contributed by atoms with E-state index < -0.39 is 0 Å². The van der Waals surface area contributed by atoms with Gasteiger partial charge in [0.05, 0.1) is 5.69 Å². The van der Waals surface area contributed by atoms with Crippen molar-refractivity contribution in [1.82, 2.24) is 14.8 Å². The Balaban J connectivity index is 1.62. The number of aromatic nitrogens is 1. The monoisotopic (exact) mass is 288 g/mol. The molecule has 3 heterocycles. The van der Waals surface area contributed by atoms with Crippen molar-refractivity contribution < 1.29 is 0 Å². The Morgan fingerprint density at radius 3 is 3.10 bits per heavy atom. The van der Waals surface area contributed by atoms with Gasteiger partial charge in [0, 0.05) is 38.3 Å². The summed E-state index contributed by atoms with van der Waals surface area (Å²) in [5.74, 6) is 1.02. The van der Waals surface area contributed by atoms with Gasteiger partial charge >= 0.3 is 0 Å². The Morgan fingerprint density at radius 1 is 1.33 bits per heavy atom.